The number of anilines is 1. The summed E-state index contributed by atoms with van der Waals surface area (Å²) in [6, 6.07) is 4.35. The van der Waals surface area contributed by atoms with E-state index in [4.69, 9.17) is 5.73 Å². The number of hydrogen-bond acceptors (Lipinski definition) is 4. The number of rotatable bonds is 4. The Labute approximate surface area is 91.8 Å². The third kappa shape index (κ3) is 4.20. The van der Waals surface area contributed by atoms with E-state index >= 15 is 0 Å². The number of hydrogen-bond donors (Lipinski definition) is 1. The Hall–Kier alpha value is -1.23. The summed E-state index contributed by atoms with van der Waals surface area (Å²) < 4.78 is 17.4. The fourth-order valence-electron chi connectivity index (χ4n) is 1.07. The van der Waals surface area contributed by atoms with Crippen LogP contribution >= 0.6 is 11.8 Å². The molecule has 0 unspecified atom stereocenters. The number of halogens is 1. The molecule has 0 saturated heterocycles. The molecule has 0 aliphatic carbocycles. The molecule has 0 bridgehead atoms. The Kier molecular flexibility index (Phi) is 4.42. The summed E-state index contributed by atoms with van der Waals surface area (Å²) in [5.74, 6) is 0.150. The van der Waals surface area contributed by atoms with E-state index in [1.54, 1.807) is 6.07 Å². The molecule has 1 rings (SSSR count). The van der Waals surface area contributed by atoms with Gasteiger partial charge in [0.1, 0.15) is 5.82 Å². The van der Waals surface area contributed by atoms with Crippen molar-refractivity contribution < 1.29 is 13.9 Å². The molecule has 0 fully saturated rings. The Morgan fingerprint density at radius 2 is 2.27 bits per heavy atom. The summed E-state index contributed by atoms with van der Waals surface area (Å²) in [6.45, 7) is 0. The highest BCUT2D eigenvalue weighted by Gasteiger charge is 2.02. The highest BCUT2D eigenvalue weighted by atomic mass is 32.2. The van der Waals surface area contributed by atoms with Gasteiger partial charge in [0.15, 0.2) is 0 Å². The second kappa shape index (κ2) is 5.60. The van der Waals surface area contributed by atoms with Crippen LogP contribution in [0, 0.1) is 5.82 Å². The first kappa shape index (κ1) is 11.8. The van der Waals surface area contributed by atoms with Gasteiger partial charge in [0.25, 0.3) is 0 Å². The fourth-order valence-corrected chi connectivity index (χ4v) is 1.86. The van der Waals surface area contributed by atoms with Crippen molar-refractivity contribution in [1.82, 2.24) is 0 Å². The molecule has 15 heavy (non-hydrogen) atoms. The molecule has 0 aliphatic heterocycles. The summed E-state index contributed by atoms with van der Waals surface area (Å²) >= 11 is 1.36. The van der Waals surface area contributed by atoms with Crippen LogP contribution in [0.15, 0.2) is 18.2 Å². The van der Waals surface area contributed by atoms with Gasteiger partial charge in [-0.15, -0.1) is 11.8 Å². The monoisotopic (exact) mass is 229 g/mol. The minimum absolute atomic E-state index is 0.257. The van der Waals surface area contributed by atoms with E-state index < -0.39 is 0 Å². The summed E-state index contributed by atoms with van der Waals surface area (Å²) in [5.41, 5.74) is 6.63. The standard InChI is InChI=1S/C10H12FNO2S/c1-14-10(13)6-15-5-7-2-8(11)4-9(12)3-7/h2-4H,5-6,12H2,1H3. The van der Waals surface area contributed by atoms with Gasteiger partial charge in [-0.25, -0.2) is 4.39 Å². The van der Waals surface area contributed by atoms with Crippen LogP contribution in [0.3, 0.4) is 0 Å². The lowest BCUT2D eigenvalue weighted by Crippen LogP contribution is -2.03. The van der Waals surface area contributed by atoms with Crippen molar-refractivity contribution in [2.24, 2.45) is 0 Å². The van der Waals surface area contributed by atoms with E-state index in [0.29, 0.717) is 11.4 Å². The smallest absolute Gasteiger partial charge is 0.315 e. The minimum atomic E-state index is -0.358. The number of carbonyl (C=O) groups is 1. The second-order valence-electron chi connectivity index (χ2n) is 2.96. The number of nitrogen functional groups attached to an aromatic ring is 1. The van der Waals surface area contributed by atoms with Crippen molar-refractivity contribution in [3.8, 4) is 0 Å². The van der Waals surface area contributed by atoms with Gasteiger partial charge in [-0.1, -0.05) is 0 Å². The number of methoxy groups -OCH3 is 1. The van der Waals surface area contributed by atoms with Crippen LogP contribution in [0.2, 0.25) is 0 Å². The van der Waals surface area contributed by atoms with Crippen LogP contribution in [0.25, 0.3) is 0 Å². The topological polar surface area (TPSA) is 52.3 Å². The summed E-state index contributed by atoms with van der Waals surface area (Å²) in [6.07, 6.45) is 0. The molecule has 0 heterocycles. The summed E-state index contributed by atoms with van der Waals surface area (Å²) in [5, 5.41) is 0. The summed E-state index contributed by atoms with van der Waals surface area (Å²) in [7, 11) is 1.34. The molecular formula is C10H12FNO2S. The van der Waals surface area contributed by atoms with Gasteiger partial charge in [-0.05, 0) is 23.8 Å². The molecule has 0 radical (unpaired) electrons. The Bertz CT molecular complexity index is 337. The van der Waals surface area contributed by atoms with Gasteiger partial charge >= 0.3 is 5.97 Å². The van der Waals surface area contributed by atoms with E-state index in [2.05, 4.69) is 4.74 Å². The zero-order valence-corrected chi connectivity index (χ0v) is 9.14. The predicted molar refractivity (Wildman–Crippen MR) is 59.0 cm³/mol. The number of nitrogens with two attached hydrogens (primary N) is 1. The molecule has 0 aromatic heterocycles. The molecule has 1 aromatic carbocycles. The van der Waals surface area contributed by atoms with E-state index in [-0.39, 0.29) is 17.5 Å². The predicted octanol–water partition coefficient (Wildman–Crippen LogP) is 1.81. The highest BCUT2D eigenvalue weighted by molar-refractivity contribution is 7.99. The zero-order chi connectivity index (χ0) is 11.3. The largest absolute Gasteiger partial charge is 0.468 e. The molecule has 0 aliphatic rings. The average molecular weight is 229 g/mol. The van der Waals surface area contributed by atoms with Crippen LogP contribution in [0.4, 0.5) is 10.1 Å². The number of esters is 1. The number of ether oxygens (including phenoxy) is 1. The van der Waals surface area contributed by atoms with E-state index in [9.17, 15) is 9.18 Å². The van der Waals surface area contributed by atoms with Gasteiger partial charge in [0.05, 0.1) is 12.9 Å². The van der Waals surface area contributed by atoms with E-state index in [1.807, 2.05) is 0 Å². The molecule has 0 saturated carbocycles. The second-order valence-corrected chi connectivity index (χ2v) is 3.95. The Morgan fingerprint density at radius 1 is 1.53 bits per heavy atom. The third-order valence-corrected chi connectivity index (χ3v) is 2.67. The number of carbonyl (C=O) groups excluding carboxylic acids is 1. The number of thioether (sulfide) groups is 1. The third-order valence-electron chi connectivity index (χ3n) is 1.70. The van der Waals surface area contributed by atoms with Crippen molar-refractivity contribution in [1.29, 1.82) is 0 Å². The molecule has 3 nitrogen and oxygen atoms in total. The number of benzene rings is 1. The summed E-state index contributed by atoms with van der Waals surface area (Å²) in [4.78, 5) is 10.8. The van der Waals surface area contributed by atoms with Gasteiger partial charge in [-0.2, -0.15) is 0 Å². The van der Waals surface area contributed by atoms with Crippen molar-refractivity contribution in [3.63, 3.8) is 0 Å². The lowest BCUT2D eigenvalue weighted by atomic mass is 10.2. The van der Waals surface area contributed by atoms with E-state index in [0.717, 1.165) is 5.56 Å². The average Bonchev–Trinajstić information content (AvgIpc) is 2.16. The van der Waals surface area contributed by atoms with Crippen molar-refractivity contribution >= 4 is 23.4 Å². The lowest BCUT2D eigenvalue weighted by molar-refractivity contribution is -0.137. The molecule has 0 spiro atoms. The SMILES string of the molecule is COC(=O)CSCc1cc(N)cc(F)c1. The molecule has 1 aromatic rings. The lowest BCUT2D eigenvalue weighted by Gasteiger charge is -2.02. The Balaban J connectivity index is 2.47. The van der Waals surface area contributed by atoms with Crippen LogP contribution in [0.5, 0.6) is 0 Å². The van der Waals surface area contributed by atoms with Crippen molar-refractivity contribution in [3.05, 3.63) is 29.6 Å². The minimum Gasteiger partial charge on any atom is -0.468 e. The molecule has 2 N–H and O–H groups in total. The van der Waals surface area contributed by atoms with Gasteiger partial charge in [0.2, 0.25) is 0 Å². The van der Waals surface area contributed by atoms with Gasteiger partial charge in [0, 0.05) is 11.4 Å². The van der Waals surface area contributed by atoms with Crippen LogP contribution in [0.1, 0.15) is 5.56 Å². The molecule has 82 valence electrons. The molecule has 0 atom stereocenters. The Morgan fingerprint density at radius 3 is 2.87 bits per heavy atom. The highest BCUT2D eigenvalue weighted by Crippen LogP contribution is 2.16. The maximum absolute atomic E-state index is 12.9. The molecule has 5 heteroatoms. The maximum atomic E-state index is 12.9. The maximum Gasteiger partial charge on any atom is 0.315 e. The first-order valence-corrected chi connectivity index (χ1v) is 5.47. The van der Waals surface area contributed by atoms with Gasteiger partial charge < -0.3 is 10.5 Å². The first-order valence-electron chi connectivity index (χ1n) is 4.31. The zero-order valence-electron chi connectivity index (χ0n) is 8.33. The normalized spacial score (nSPS) is 10.0. The van der Waals surface area contributed by atoms with Crippen LogP contribution < -0.4 is 5.73 Å². The van der Waals surface area contributed by atoms with Crippen molar-refractivity contribution in [2.45, 2.75) is 5.75 Å². The van der Waals surface area contributed by atoms with Crippen LogP contribution in [-0.4, -0.2) is 18.8 Å². The van der Waals surface area contributed by atoms with Crippen LogP contribution in [-0.2, 0) is 15.3 Å². The van der Waals surface area contributed by atoms with Crippen molar-refractivity contribution in [2.75, 3.05) is 18.6 Å². The van der Waals surface area contributed by atoms with Gasteiger partial charge in [-0.3, -0.25) is 4.79 Å². The quantitative estimate of drug-likeness (QED) is 0.632. The fraction of sp³-hybridized carbons (Fsp3) is 0.300. The first-order chi connectivity index (χ1) is 7.11. The van der Waals surface area contributed by atoms with E-state index in [1.165, 1.54) is 31.0 Å². The molecule has 0 amide bonds. The molecular weight excluding hydrogens is 217 g/mol.